The molecule has 0 saturated heterocycles. The maximum Gasteiger partial charge on any atom is 0.259 e. The molecule has 1 aromatic heterocycles. The Morgan fingerprint density at radius 2 is 1.65 bits per heavy atom. The number of halogens is 1. The quantitative estimate of drug-likeness (QED) is 0.404. The zero-order chi connectivity index (χ0) is 21.6. The Morgan fingerprint density at radius 1 is 0.903 bits per heavy atom. The summed E-state index contributed by atoms with van der Waals surface area (Å²) in [5.41, 5.74) is 3.69. The second-order valence-electron chi connectivity index (χ2n) is 6.66. The number of amides is 1. The van der Waals surface area contributed by atoms with Crippen molar-refractivity contribution in [3.8, 4) is 17.0 Å². The van der Waals surface area contributed by atoms with Gasteiger partial charge in [-0.15, -0.1) is 0 Å². The van der Waals surface area contributed by atoms with Gasteiger partial charge in [-0.1, -0.05) is 41.9 Å². The monoisotopic (exact) mass is 430 g/mol. The average molecular weight is 431 g/mol. The number of hydrogen-bond donors (Lipinski definition) is 2. The van der Waals surface area contributed by atoms with Crippen LogP contribution < -0.4 is 15.4 Å². The van der Waals surface area contributed by atoms with Gasteiger partial charge in [-0.25, -0.2) is 9.97 Å². The zero-order valence-electron chi connectivity index (χ0n) is 16.7. The molecule has 31 heavy (non-hydrogen) atoms. The number of methoxy groups -OCH3 is 1. The molecular formula is C24H19ClN4O2. The Morgan fingerprint density at radius 3 is 2.39 bits per heavy atom. The summed E-state index contributed by atoms with van der Waals surface area (Å²) in [6.07, 6.45) is 1.53. The molecule has 2 N–H and O–H groups in total. The molecule has 0 aliphatic rings. The predicted molar refractivity (Wildman–Crippen MR) is 123 cm³/mol. The summed E-state index contributed by atoms with van der Waals surface area (Å²) < 4.78 is 5.24. The maximum atomic E-state index is 12.6. The van der Waals surface area contributed by atoms with Crippen LogP contribution in [0.25, 0.3) is 11.3 Å². The third kappa shape index (κ3) is 4.99. The van der Waals surface area contributed by atoms with E-state index >= 15 is 0 Å². The van der Waals surface area contributed by atoms with Crippen LogP contribution in [-0.2, 0) is 0 Å². The molecule has 4 rings (SSSR count). The van der Waals surface area contributed by atoms with E-state index in [1.54, 1.807) is 30.3 Å². The van der Waals surface area contributed by atoms with Crippen molar-refractivity contribution in [3.05, 3.63) is 95.8 Å². The highest BCUT2D eigenvalue weighted by atomic mass is 35.5. The summed E-state index contributed by atoms with van der Waals surface area (Å²) in [5.74, 6) is 0.829. The van der Waals surface area contributed by atoms with E-state index in [2.05, 4.69) is 20.6 Å². The number of anilines is 3. The van der Waals surface area contributed by atoms with Gasteiger partial charge in [-0.3, -0.25) is 4.79 Å². The van der Waals surface area contributed by atoms with E-state index in [0.717, 1.165) is 16.9 Å². The standard InChI is InChI=1S/C24H19ClN4O2/c1-31-22-12-7-17(25)13-20(22)24(30)29-19-10-8-18(9-11-19)28-23-14-21(26-15-27-23)16-5-3-2-4-6-16/h2-15H,1H3,(H,29,30)(H,26,27,28). The minimum atomic E-state index is -0.302. The molecule has 0 saturated carbocycles. The Balaban J connectivity index is 1.46. The molecule has 0 aliphatic carbocycles. The second kappa shape index (κ2) is 9.28. The number of aromatic nitrogens is 2. The number of carbonyl (C=O) groups is 1. The molecular weight excluding hydrogens is 412 g/mol. The highest BCUT2D eigenvalue weighted by molar-refractivity contribution is 6.31. The van der Waals surface area contributed by atoms with Crippen LogP contribution in [0.1, 0.15) is 10.4 Å². The first-order chi connectivity index (χ1) is 15.1. The fourth-order valence-electron chi connectivity index (χ4n) is 3.03. The van der Waals surface area contributed by atoms with Crippen LogP contribution in [0.15, 0.2) is 85.2 Å². The Kier molecular flexibility index (Phi) is 6.10. The minimum absolute atomic E-state index is 0.302. The predicted octanol–water partition coefficient (Wildman–Crippen LogP) is 5.80. The van der Waals surface area contributed by atoms with Crippen LogP contribution in [0, 0.1) is 0 Å². The van der Waals surface area contributed by atoms with Crippen molar-refractivity contribution in [3.63, 3.8) is 0 Å². The first-order valence-corrected chi connectivity index (χ1v) is 9.89. The first kappa shape index (κ1) is 20.4. The lowest BCUT2D eigenvalue weighted by Crippen LogP contribution is -2.13. The van der Waals surface area contributed by atoms with E-state index in [0.29, 0.717) is 27.8 Å². The molecule has 7 heteroatoms. The summed E-state index contributed by atoms with van der Waals surface area (Å²) in [7, 11) is 1.51. The van der Waals surface area contributed by atoms with E-state index in [1.807, 2.05) is 48.5 Å². The molecule has 4 aromatic rings. The summed E-state index contributed by atoms with van der Waals surface area (Å²) in [4.78, 5) is 21.2. The molecule has 154 valence electrons. The summed E-state index contributed by atoms with van der Waals surface area (Å²) in [6.45, 7) is 0. The summed E-state index contributed by atoms with van der Waals surface area (Å²) >= 11 is 6.01. The lowest BCUT2D eigenvalue weighted by atomic mass is 10.1. The van der Waals surface area contributed by atoms with Gasteiger partial charge in [0, 0.05) is 28.0 Å². The SMILES string of the molecule is COc1ccc(Cl)cc1C(=O)Nc1ccc(Nc2cc(-c3ccccc3)ncn2)cc1. The van der Waals surface area contributed by atoms with Gasteiger partial charge in [0.25, 0.3) is 5.91 Å². The highest BCUT2D eigenvalue weighted by Gasteiger charge is 2.13. The van der Waals surface area contributed by atoms with Crippen molar-refractivity contribution in [2.75, 3.05) is 17.7 Å². The molecule has 0 atom stereocenters. The number of nitrogens with zero attached hydrogens (tertiary/aromatic N) is 2. The van der Waals surface area contributed by atoms with Crippen LogP contribution in [0.5, 0.6) is 5.75 Å². The molecule has 0 radical (unpaired) electrons. The van der Waals surface area contributed by atoms with E-state index in [9.17, 15) is 4.79 Å². The van der Waals surface area contributed by atoms with E-state index < -0.39 is 0 Å². The Bertz CT molecular complexity index is 1200. The molecule has 6 nitrogen and oxygen atoms in total. The van der Waals surface area contributed by atoms with Crippen molar-refractivity contribution in [2.45, 2.75) is 0 Å². The average Bonchev–Trinajstić information content (AvgIpc) is 2.81. The van der Waals surface area contributed by atoms with Crippen molar-refractivity contribution in [1.82, 2.24) is 9.97 Å². The van der Waals surface area contributed by atoms with Crippen molar-refractivity contribution < 1.29 is 9.53 Å². The van der Waals surface area contributed by atoms with Crippen LogP contribution in [0.4, 0.5) is 17.2 Å². The molecule has 0 aliphatic heterocycles. The third-order valence-electron chi connectivity index (χ3n) is 4.56. The van der Waals surface area contributed by atoms with Crippen LogP contribution in [0.2, 0.25) is 5.02 Å². The topological polar surface area (TPSA) is 76.1 Å². The third-order valence-corrected chi connectivity index (χ3v) is 4.79. The number of benzene rings is 3. The zero-order valence-corrected chi connectivity index (χ0v) is 17.4. The molecule has 1 amide bonds. The van der Waals surface area contributed by atoms with Gasteiger partial charge in [-0.2, -0.15) is 0 Å². The number of rotatable bonds is 6. The minimum Gasteiger partial charge on any atom is -0.496 e. The maximum absolute atomic E-state index is 12.6. The number of ether oxygens (including phenoxy) is 1. The van der Waals surface area contributed by atoms with Gasteiger partial charge < -0.3 is 15.4 Å². The van der Waals surface area contributed by atoms with Gasteiger partial charge in [0.2, 0.25) is 0 Å². The molecule has 0 spiro atoms. The van der Waals surface area contributed by atoms with Gasteiger partial charge >= 0.3 is 0 Å². The van der Waals surface area contributed by atoms with Crippen molar-refractivity contribution >= 4 is 34.7 Å². The lowest BCUT2D eigenvalue weighted by Gasteiger charge is -2.11. The van der Waals surface area contributed by atoms with Crippen LogP contribution >= 0.6 is 11.6 Å². The van der Waals surface area contributed by atoms with Crippen LogP contribution in [0.3, 0.4) is 0 Å². The molecule has 0 bridgehead atoms. The highest BCUT2D eigenvalue weighted by Crippen LogP contribution is 2.25. The van der Waals surface area contributed by atoms with Crippen molar-refractivity contribution in [1.29, 1.82) is 0 Å². The fraction of sp³-hybridized carbons (Fsp3) is 0.0417. The largest absolute Gasteiger partial charge is 0.496 e. The van der Waals surface area contributed by atoms with E-state index in [1.165, 1.54) is 13.4 Å². The number of carbonyl (C=O) groups excluding carboxylic acids is 1. The molecule has 0 unspecified atom stereocenters. The van der Waals surface area contributed by atoms with Gasteiger partial charge in [-0.05, 0) is 42.5 Å². The Hall–Kier alpha value is -3.90. The molecule has 3 aromatic carbocycles. The Labute approximate surface area is 184 Å². The van der Waals surface area contributed by atoms with Crippen LogP contribution in [-0.4, -0.2) is 23.0 Å². The van der Waals surface area contributed by atoms with Gasteiger partial charge in [0.1, 0.15) is 17.9 Å². The smallest absolute Gasteiger partial charge is 0.259 e. The fourth-order valence-corrected chi connectivity index (χ4v) is 3.21. The number of nitrogens with one attached hydrogen (secondary N) is 2. The summed E-state index contributed by atoms with van der Waals surface area (Å²) in [5, 5.41) is 6.56. The number of hydrogen-bond acceptors (Lipinski definition) is 5. The normalized spacial score (nSPS) is 10.4. The van der Waals surface area contributed by atoms with Gasteiger partial charge in [0.05, 0.1) is 18.4 Å². The molecule has 0 fully saturated rings. The van der Waals surface area contributed by atoms with Crippen molar-refractivity contribution in [2.24, 2.45) is 0 Å². The second-order valence-corrected chi connectivity index (χ2v) is 7.09. The lowest BCUT2D eigenvalue weighted by molar-refractivity contribution is 0.102. The van der Waals surface area contributed by atoms with Gasteiger partial charge in [0.15, 0.2) is 0 Å². The first-order valence-electron chi connectivity index (χ1n) is 9.52. The summed E-state index contributed by atoms with van der Waals surface area (Å²) in [6, 6.07) is 24.0. The van der Waals surface area contributed by atoms with E-state index in [4.69, 9.17) is 16.3 Å². The van der Waals surface area contributed by atoms with E-state index in [-0.39, 0.29) is 5.91 Å². The molecule has 1 heterocycles.